The minimum Gasteiger partial charge on any atom is -0.497 e. The van der Waals surface area contributed by atoms with Crippen LogP contribution >= 0.6 is 11.8 Å². The van der Waals surface area contributed by atoms with Gasteiger partial charge in [0, 0.05) is 41.1 Å². The van der Waals surface area contributed by atoms with Crippen molar-refractivity contribution in [3.05, 3.63) is 84.2 Å². The average Bonchev–Trinajstić information content (AvgIpc) is 3.51. The Hall–Kier alpha value is -2.87. The summed E-state index contributed by atoms with van der Waals surface area (Å²) in [5.74, 6) is 2.09. The van der Waals surface area contributed by atoms with Gasteiger partial charge in [-0.3, -0.25) is 0 Å². The van der Waals surface area contributed by atoms with Gasteiger partial charge in [0.2, 0.25) is 0 Å². The van der Waals surface area contributed by atoms with E-state index in [1.54, 1.807) is 18.9 Å². The van der Waals surface area contributed by atoms with Crippen molar-refractivity contribution in [3.8, 4) is 5.75 Å². The number of rotatable bonds is 6. The molecule has 4 atom stereocenters. The van der Waals surface area contributed by atoms with Crippen molar-refractivity contribution < 1.29 is 14.2 Å². The van der Waals surface area contributed by atoms with Crippen LogP contribution in [0.5, 0.6) is 5.75 Å². The number of fused-ring (bicyclic) bond motifs is 2. The lowest BCUT2D eigenvalue weighted by Crippen LogP contribution is -2.32. The molecule has 6 nitrogen and oxygen atoms in total. The van der Waals surface area contributed by atoms with Crippen LogP contribution < -0.4 is 4.74 Å². The summed E-state index contributed by atoms with van der Waals surface area (Å²) in [6, 6.07) is 20.8. The van der Waals surface area contributed by atoms with E-state index in [2.05, 4.69) is 46.1 Å². The standard InChI is InChI=1S/C27H27N3O3S/c1-31-23-9-7-19(8-10-23)26-32-16-21-13-22(14-24(21)33-26)30-12-11-20-15-28-27(29-25(20)30)34-17-18-5-3-2-4-6-18/h2-12,15,21-22,24,26H,13-14,16-17H2,1H3/t21-,22+,24-,26?/m0/s1. The Kier molecular flexibility index (Phi) is 5.99. The Labute approximate surface area is 203 Å². The van der Waals surface area contributed by atoms with Crippen LogP contribution in [0, 0.1) is 5.92 Å². The Morgan fingerprint density at radius 2 is 1.91 bits per heavy atom. The van der Waals surface area contributed by atoms with Gasteiger partial charge in [0.05, 0.1) is 19.8 Å². The summed E-state index contributed by atoms with van der Waals surface area (Å²) in [4.78, 5) is 9.50. The molecular formula is C27H27N3O3S. The summed E-state index contributed by atoms with van der Waals surface area (Å²) in [5, 5.41) is 1.89. The van der Waals surface area contributed by atoms with Crippen LogP contribution in [0.15, 0.2) is 78.2 Å². The number of aromatic nitrogens is 3. The van der Waals surface area contributed by atoms with Crippen LogP contribution in [0.3, 0.4) is 0 Å². The molecule has 1 aliphatic heterocycles. The number of nitrogens with zero attached hydrogens (tertiary/aromatic N) is 3. The monoisotopic (exact) mass is 473 g/mol. The topological polar surface area (TPSA) is 58.4 Å². The van der Waals surface area contributed by atoms with E-state index in [-0.39, 0.29) is 12.4 Å². The summed E-state index contributed by atoms with van der Waals surface area (Å²) in [6.45, 7) is 0.713. The molecule has 0 radical (unpaired) electrons. The molecule has 174 valence electrons. The zero-order chi connectivity index (χ0) is 22.9. The fourth-order valence-electron chi connectivity index (χ4n) is 4.98. The van der Waals surface area contributed by atoms with Gasteiger partial charge in [-0.15, -0.1) is 0 Å². The van der Waals surface area contributed by atoms with Crippen LogP contribution in [0.1, 0.15) is 36.3 Å². The van der Waals surface area contributed by atoms with Crippen LogP contribution in [-0.2, 0) is 15.2 Å². The second kappa shape index (κ2) is 9.41. The quantitative estimate of drug-likeness (QED) is 0.261. The maximum Gasteiger partial charge on any atom is 0.189 e. The van der Waals surface area contributed by atoms with Crippen molar-refractivity contribution in [1.82, 2.24) is 14.5 Å². The third kappa shape index (κ3) is 4.31. The lowest BCUT2D eigenvalue weighted by Gasteiger charge is -2.32. The van der Waals surface area contributed by atoms with Gasteiger partial charge in [-0.05, 0) is 36.6 Å². The number of thioether (sulfide) groups is 1. The van der Waals surface area contributed by atoms with Gasteiger partial charge >= 0.3 is 0 Å². The highest BCUT2D eigenvalue weighted by Crippen LogP contribution is 2.44. The zero-order valence-electron chi connectivity index (χ0n) is 19.0. The smallest absolute Gasteiger partial charge is 0.189 e. The molecule has 1 aliphatic carbocycles. The molecule has 0 amide bonds. The Balaban J connectivity index is 1.16. The summed E-state index contributed by atoms with van der Waals surface area (Å²) in [7, 11) is 1.67. The van der Waals surface area contributed by atoms with E-state index in [1.807, 2.05) is 36.5 Å². The number of hydrogen-bond donors (Lipinski definition) is 0. The predicted molar refractivity (Wildman–Crippen MR) is 132 cm³/mol. The molecule has 1 unspecified atom stereocenters. The predicted octanol–water partition coefficient (Wildman–Crippen LogP) is 5.80. The van der Waals surface area contributed by atoms with Crippen LogP contribution in [-0.4, -0.2) is 34.4 Å². The summed E-state index contributed by atoms with van der Waals surface area (Å²) < 4.78 is 20.1. The number of benzene rings is 2. The second-order valence-electron chi connectivity index (χ2n) is 8.93. The van der Waals surface area contributed by atoms with Crippen LogP contribution in [0.2, 0.25) is 0 Å². The number of methoxy groups -OCH3 is 1. The molecule has 3 heterocycles. The summed E-state index contributed by atoms with van der Waals surface area (Å²) in [5.41, 5.74) is 3.30. The fraction of sp³-hybridized carbons (Fsp3) is 0.333. The molecule has 6 rings (SSSR count). The highest BCUT2D eigenvalue weighted by atomic mass is 32.2. The van der Waals surface area contributed by atoms with Gasteiger partial charge in [-0.2, -0.15) is 0 Å². The molecule has 2 aromatic carbocycles. The average molecular weight is 474 g/mol. The maximum atomic E-state index is 6.41. The molecule has 4 aromatic rings. The van der Waals surface area contributed by atoms with Gasteiger partial charge in [0.1, 0.15) is 11.4 Å². The third-order valence-electron chi connectivity index (χ3n) is 6.79. The molecule has 2 fully saturated rings. The minimum absolute atomic E-state index is 0.178. The van der Waals surface area contributed by atoms with Gasteiger partial charge in [-0.25, -0.2) is 9.97 Å². The summed E-state index contributed by atoms with van der Waals surface area (Å²) in [6.07, 6.45) is 5.93. The second-order valence-corrected chi connectivity index (χ2v) is 9.87. The van der Waals surface area contributed by atoms with Crippen molar-refractivity contribution in [2.45, 2.75) is 42.2 Å². The largest absolute Gasteiger partial charge is 0.497 e. The zero-order valence-corrected chi connectivity index (χ0v) is 19.9. The van der Waals surface area contributed by atoms with E-state index < -0.39 is 0 Å². The van der Waals surface area contributed by atoms with Gasteiger partial charge < -0.3 is 18.8 Å². The maximum absolute atomic E-state index is 6.41. The lowest BCUT2D eigenvalue weighted by molar-refractivity contribution is -0.233. The Bertz CT molecular complexity index is 1260. The minimum atomic E-state index is -0.323. The van der Waals surface area contributed by atoms with E-state index in [0.717, 1.165) is 46.1 Å². The van der Waals surface area contributed by atoms with Crippen molar-refractivity contribution >= 4 is 22.8 Å². The molecule has 2 aromatic heterocycles. The molecule has 7 heteroatoms. The fourth-order valence-corrected chi connectivity index (χ4v) is 5.75. The van der Waals surface area contributed by atoms with Crippen LogP contribution in [0.25, 0.3) is 11.0 Å². The van der Waals surface area contributed by atoms with E-state index in [4.69, 9.17) is 19.2 Å². The Morgan fingerprint density at radius 1 is 1.06 bits per heavy atom. The first-order chi connectivity index (χ1) is 16.8. The van der Waals surface area contributed by atoms with Crippen molar-refractivity contribution in [3.63, 3.8) is 0 Å². The summed E-state index contributed by atoms with van der Waals surface area (Å²) >= 11 is 1.67. The van der Waals surface area contributed by atoms with Crippen molar-refractivity contribution in [1.29, 1.82) is 0 Å². The molecule has 0 N–H and O–H groups in total. The van der Waals surface area contributed by atoms with E-state index >= 15 is 0 Å². The van der Waals surface area contributed by atoms with Crippen LogP contribution in [0.4, 0.5) is 0 Å². The molecule has 0 bridgehead atoms. The molecule has 34 heavy (non-hydrogen) atoms. The third-order valence-corrected chi connectivity index (χ3v) is 7.72. The molecule has 1 saturated carbocycles. The van der Waals surface area contributed by atoms with E-state index in [1.165, 1.54) is 5.56 Å². The Morgan fingerprint density at radius 3 is 2.74 bits per heavy atom. The molecule has 1 saturated heterocycles. The van der Waals surface area contributed by atoms with Gasteiger partial charge in [0.25, 0.3) is 0 Å². The normalized spacial score (nSPS) is 24.3. The number of ether oxygens (including phenoxy) is 3. The first-order valence-corrected chi connectivity index (χ1v) is 12.7. The van der Waals surface area contributed by atoms with Crippen molar-refractivity contribution in [2.24, 2.45) is 5.92 Å². The highest BCUT2D eigenvalue weighted by Gasteiger charge is 2.41. The molecule has 0 spiro atoms. The van der Waals surface area contributed by atoms with Gasteiger partial charge in [0.15, 0.2) is 11.4 Å². The molecular weight excluding hydrogens is 446 g/mol. The first kappa shape index (κ1) is 21.6. The van der Waals surface area contributed by atoms with Crippen molar-refractivity contribution in [2.75, 3.05) is 13.7 Å². The van der Waals surface area contributed by atoms with E-state index in [9.17, 15) is 0 Å². The molecule has 2 aliphatic rings. The lowest BCUT2D eigenvalue weighted by atomic mass is 10.1. The first-order valence-electron chi connectivity index (χ1n) is 11.7. The van der Waals surface area contributed by atoms with E-state index in [0.29, 0.717) is 18.6 Å². The number of hydrogen-bond acceptors (Lipinski definition) is 6. The van der Waals surface area contributed by atoms with Gasteiger partial charge in [-0.1, -0.05) is 54.2 Å². The highest BCUT2D eigenvalue weighted by molar-refractivity contribution is 7.98. The SMILES string of the molecule is COc1ccc(C2OC[C@@H]3C[C@@H](n4ccc5cnc(SCc6ccccc6)nc54)C[C@@H]3O2)cc1.